The minimum atomic E-state index is -4.25. The molecule has 4 heteroatoms. The van der Waals surface area contributed by atoms with Crippen LogP contribution in [0.1, 0.15) is 30.5 Å². The van der Waals surface area contributed by atoms with Crippen LogP contribution < -0.4 is 5.32 Å². The van der Waals surface area contributed by atoms with Crippen molar-refractivity contribution in [1.29, 1.82) is 0 Å². The molecule has 0 aliphatic rings. The van der Waals surface area contributed by atoms with Gasteiger partial charge in [0, 0.05) is 0 Å². The van der Waals surface area contributed by atoms with E-state index in [1.54, 1.807) is 25.1 Å². The normalized spacial score (nSPS) is 13.8. The Morgan fingerprint density at radius 2 is 2.00 bits per heavy atom. The van der Waals surface area contributed by atoms with Crippen LogP contribution in [0.5, 0.6) is 0 Å². The maximum Gasteiger partial charge on any atom is 0.407 e. The SMILES string of the molecule is CCCNC(c1cccc(C)c1)C(F)(F)F. The van der Waals surface area contributed by atoms with E-state index in [0.29, 0.717) is 13.0 Å². The molecule has 0 amide bonds. The average molecular weight is 231 g/mol. The van der Waals surface area contributed by atoms with Crippen molar-refractivity contribution < 1.29 is 13.2 Å². The summed E-state index contributed by atoms with van der Waals surface area (Å²) in [4.78, 5) is 0. The van der Waals surface area contributed by atoms with Crippen LogP contribution in [0.3, 0.4) is 0 Å². The van der Waals surface area contributed by atoms with Crippen molar-refractivity contribution in [2.24, 2.45) is 0 Å². The summed E-state index contributed by atoms with van der Waals surface area (Å²) >= 11 is 0. The van der Waals surface area contributed by atoms with Gasteiger partial charge in [0.15, 0.2) is 0 Å². The van der Waals surface area contributed by atoms with Gasteiger partial charge >= 0.3 is 6.18 Å². The molecule has 0 saturated heterocycles. The maximum atomic E-state index is 12.8. The Morgan fingerprint density at radius 3 is 2.50 bits per heavy atom. The van der Waals surface area contributed by atoms with Crippen LogP contribution in [-0.2, 0) is 0 Å². The van der Waals surface area contributed by atoms with E-state index in [-0.39, 0.29) is 5.56 Å². The van der Waals surface area contributed by atoms with E-state index in [4.69, 9.17) is 0 Å². The molecule has 0 aliphatic heterocycles. The van der Waals surface area contributed by atoms with E-state index in [0.717, 1.165) is 5.56 Å². The van der Waals surface area contributed by atoms with Gasteiger partial charge in [-0.15, -0.1) is 0 Å². The first-order chi connectivity index (χ1) is 7.45. The summed E-state index contributed by atoms with van der Waals surface area (Å²) in [6.45, 7) is 3.99. The summed E-state index contributed by atoms with van der Waals surface area (Å²) in [6.07, 6.45) is -3.57. The largest absolute Gasteiger partial charge is 0.407 e. The van der Waals surface area contributed by atoms with Gasteiger partial charge in [-0.1, -0.05) is 36.8 Å². The van der Waals surface area contributed by atoms with Gasteiger partial charge in [0.25, 0.3) is 0 Å². The Labute approximate surface area is 93.7 Å². The molecule has 90 valence electrons. The van der Waals surface area contributed by atoms with Crippen LogP contribution >= 0.6 is 0 Å². The first-order valence-electron chi connectivity index (χ1n) is 5.31. The quantitative estimate of drug-likeness (QED) is 0.834. The third-order valence-electron chi connectivity index (χ3n) is 2.30. The van der Waals surface area contributed by atoms with E-state index in [1.165, 1.54) is 6.07 Å². The fraction of sp³-hybridized carbons (Fsp3) is 0.500. The van der Waals surface area contributed by atoms with Crippen molar-refractivity contribution in [3.63, 3.8) is 0 Å². The van der Waals surface area contributed by atoms with Gasteiger partial charge in [-0.05, 0) is 25.5 Å². The number of aryl methyl sites for hydroxylation is 1. The molecule has 0 heterocycles. The van der Waals surface area contributed by atoms with E-state index in [1.807, 2.05) is 6.92 Å². The van der Waals surface area contributed by atoms with Crippen molar-refractivity contribution in [3.8, 4) is 0 Å². The summed E-state index contributed by atoms with van der Waals surface area (Å²) < 4.78 is 38.4. The highest BCUT2D eigenvalue weighted by Gasteiger charge is 2.40. The van der Waals surface area contributed by atoms with Crippen molar-refractivity contribution in [2.45, 2.75) is 32.5 Å². The molecule has 1 nitrogen and oxygen atoms in total. The maximum absolute atomic E-state index is 12.8. The molecular weight excluding hydrogens is 215 g/mol. The second-order valence-electron chi connectivity index (χ2n) is 3.84. The Bertz CT molecular complexity index is 333. The molecule has 0 spiro atoms. The summed E-state index contributed by atoms with van der Waals surface area (Å²) in [6, 6.07) is 4.95. The highest BCUT2D eigenvalue weighted by Crippen LogP contribution is 2.32. The topological polar surface area (TPSA) is 12.0 Å². The van der Waals surface area contributed by atoms with Crippen molar-refractivity contribution in [2.75, 3.05) is 6.54 Å². The average Bonchev–Trinajstić information content (AvgIpc) is 2.16. The molecule has 0 saturated carbocycles. The van der Waals surface area contributed by atoms with Gasteiger partial charge in [0.2, 0.25) is 0 Å². The van der Waals surface area contributed by atoms with Gasteiger partial charge in [0.1, 0.15) is 6.04 Å². The van der Waals surface area contributed by atoms with Crippen LogP contribution in [0.15, 0.2) is 24.3 Å². The molecule has 0 aliphatic carbocycles. The number of halogens is 3. The van der Waals surface area contributed by atoms with Crippen molar-refractivity contribution in [1.82, 2.24) is 5.32 Å². The molecule has 1 N–H and O–H groups in total. The second kappa shape index (κ2) is 5.34. The summed E-state index contributed by atoms with van der Waals surface area (Å²) in [7, 11) is 0. The standard InChI is InChI=1S/C12H16F3N/c1-3-7-16-11(12(13,14)15)10-6-4-5-9(2)8-10/h4-6,8,11,16H,3,7H2,1-2H3. The lowest BCUT2D eigenvalue weighted by atomic mass is 10.0. The van der Waals surface area contributed by atoms with Crippen molar-refractivity contribution in [3.05, 3.63) is 35.4 Å². The predicted octanol–water partition coefficient (Wildman–Crippen LogP) is 3.60. The minimum absolute atomic E-state index is 0.279. The summed E-state index contributed by atoms with van der Waals surface area (Å²) in [5, 5.41) is 2.53. The van der Waals surface area contributed by atoms with Gasteiger partial charge < -0.3 is 5.32 Å². The lowest BCUT2D eigenvalue weighted by Crippen LogP contribution is -2.34. The molecule has 1 atom stereocenters. The van der Waals surface area contributed by atoms with E-state index >= 15 is 0 Å². The van der Waals surface area contributed by atoms with Crippen LogP contribution in [-0.4, -0.2) is 12.7 Å². The smallest absolute Gasteiger partial charge is 0.302 e. The van der Waals surface area contributed by atoms with Crippen LogP contribution in [0.2, 0.25) is 0 Å². The van der Waals surface area contributed by atoms with Gasteiger partial charge in [-0.25, -0.2) is 0 Å². The molecule has 0 fully saturated rings. The predicted molar refractivity (Wildman–Crippen MR) is 58.3 cm³/mol. The number of benzene rings is 1. The number of hydrogen-bond acceptors (Lipinski definition) is 1. The van der Waals surface area contributed by atoms with E-state index in [2.05, 4.69) is 5.32 Å². The van der Waals surface area contributed by atoms with Crippen LogP contribution in [0, 0.1) is 6.92 Å². The first kappa shape index (κ1) is 13.0. The third-order valence-corrected chi connectivity index (χ3v) is 2.30. The van der Waals surface area contributed by atoms with Crippen LogP contribution in [0.25, 0.3) is 0 Å². The zero-order chi connectivity index (χ0) is 12.2. The van der Waals surface area contributed by atoms with Gasteiger partial charge in [0.05, 0.1) is 0 Å². The Morgan fingerprint density at radius 1 is 1.31 bits per heavy atom. The highest BCUT2D eigenvalue weighted by atomic mass is 19.4. The first-order valence-corrected chi connectivity index (χ1v) is 5.31. The molecule has 0 aromatic heterocycles. The Hall–Kier alpha value is -1.03. The van der Waals surface area contributed by atoms with Crippen LogP contribution in [0.4, 0.5) is 13.2 Å². The fourth-order valence-electron chi connectivity index (χ4n) is 1.56. The number of alkyl halides is 3. The number of rotatable bonds is 4. The molecule has 0 radical (unpaired) electrons. The summed E-state index contributed by atoms with van der Waals surface area (Å²) in [5.74, 6) is 0. The molecule has 1 unspecified atom stereocenters. The Kier molecular flexibility index (Phi) is 4.35. The number of hydrogen-bond donors (Lipinski definition) is 1. The lowest BCUT2D eigenvalue weighted by molar-refractivity contribution is -0.157. The second-order valence-corrected chi connectivity index (χ2v) is 3.84. The third kappa shape index (κ3) is 3.52. The van der Waals surface area contributed by atoms with E-state index < -0.39 is 12.2 Å². The van der Waals surface area contributed by atoms with Gasteiger partial charge in [-0.3, -0.25) is 0 Å². The Balaban J connectivity index is 2.92. The van der Waals surface area contributed by atoms with Crippen molar-refractivity contribution >= 4 is 0 Å². The molecule has 1 aromatic rings. The zero-order valence-corrected chi connectivity index (χ0v) is 9.43. The fourth-order valence-corrected chi connectivity index (χ4v) is 1.56. The molecule has 1 aromatic carbocycles. The highest BCUT2D eigenvalue weighted by molar-refractivity contribution is 5.26. The molecule has 16 heavy (non-hydrogen) atoms. The van der Waals surface area contributed by atoms with E-state index in [9.17, 15) is 13.2 Å². The molecule has 1 rings (SSSR count). The summed E-state index contributed by atoms with van der Waals surface area (Å²) in [5.41, 5.74) is 1.12. The monoisotopic (exact) mass is 231 g/mol. The van der Waals surface area contributed by atoms with Gasteiger partial charge in [-0.2, -0.15) is 13.2 Å². The lowest BCUT2D eigenvalue weighted by Gasteiger charge is -2.22. The molecular formula is C12H16F3N. The zero-order valence-electron chi connectivity index (χ0n) is 9.43. The number of nitrogens with one attached hydrogen (secondary N) is 1. The minimum Gasteiger partial charge on any atom is -0.302 e. The molecule has 0 bridgehead atoms.